The maximum atomic E-state index is 11.3. The van der Waals surface area contributed by atoms with Gasteiger partial charge in [-0.25, -0.2) is 0 Å². The topological polar surface area (TPSA) is 75.7 Å². The van der Waals surface area contributed by atoms with E-state index in [-0.39, 0.29) is 30.4 Å². The van der Waals surface area contributed by atoms with Crippen LogP contribution in [0, 0.1) is 0 Å². The van der Waals surface area contributed by atoms with Gasteiger partial charge in [0.25, 0.3) is 0 Å². The summed E-state index contributed by atoms with van der Waals surface area (Å²) < 4.78 is 4.51. The highest BCUT2D eigenvalue weighted by atomic mass is 16.5. The molecule has 2 amide bonds. The molecule has 1 aliphatic heterocycles. The number of esters is 1. The Morgan fingerprint density at radius 2 is 2.25 bits per heavy atom. The van der Waals surface area contributed by atoms with Crippen molar-refractivity contribution in [3.63, 3.8) is 0 Å². The summed E-state index contributed by atoms with van der Waals surface area (Å²) in [5.41, 5.74) is 0. The first kappa shape index (κ1) is 12.6. The minimum atomic E-state index is -0.324. The minimum Gasteiger partial charge on any atom is -0.469 e. The van der Waals surface area contributed by atoms with Gasteiger partial charge in [-0.15, -0.1) is 0 Å². The van der Waals surface area contributed by atoms with Crippen molar-refractivity contribution in [3.8, 4) is 0 Å². The summed E-state index contributed by atoms with van der Waals surface area (Å²) in [7, 11) is 1.34. The zero-order valence-corrected chi connectivity index (χ0v) is 9.49. The highest BCUT2D eigenvalue weighted by Crippen LogP contribution is 2.06. The zero-order chi connectivity index (χ0) is 12.1. The van der Waals surface area contributed by atoms with Crippen molar-refractivity contribution in [1.82, 2.24) is 10.2 Å². The van der Waals surface area contributed by atoms with E-state index in [2.05, 4.69) is 10.1 Å². The molecule has 0 aliphatic carbocycles. The van der Waals surface area contributed by atoms with Crippen molar-refractivity contribution in [2.75, 3.05) is 20.2 Å². The fourth-order valence-electron chi connectivity index (χ4n) is 1.57. The average Bonchev–Trinajstić information content (AvgIpc) is 2.24. The molecule has 0 aromatic carbocycles. The van der Waals surface area contributed by atoms with Crippen LogP contribution >= 0.6 is 0 Å². The highest BCUT2D eigenvalue weighted by Gasteiger charge is 2.29. The first-order valence-electron chi connectivity index (χ1n) is 5.19. The van der Waals surface area contributed by atoms with E-state index in [1.165, 1.54) is 7.11 Å². The number of carbonyl (C=O) groups excluding carboxylic acids is 3. The van der Waals surface area contributed by atoms with Crippen LogP contribution in [-0.2, 0) is 19.1 Å². The molecular weight excluding hydrogens is 212 g/mol. The molecule has 1 heterocycles. The third-order valence-corrected chi connectivity index (χ3v) is 2.59. The summed E-state index contributed by atoms with van der Waals surface area (Å²) in [6, 6.07) is -0.324. The van der Waals surface area contributed by atoms with Gasteiger partial charge in [-0.3, -0.25) is 24.6 Å². The number of nitrogens with one attached hydrogen (secondary N) is 1. The second-order valence-corrected chi connectivity index (χ2v) is 3.74. The molecule has 90 valence electrons. The van der Waals surface area contributed by atoms with E-state index in [4.69, 9.17) is 0 Å². The fourth-order valence-corrected chi connectivity index (χ4v) is 1.57. The van der Waals surface area contributed by atoms with Crippen LogP contribution in [0.15, 0.2) is 0 Å². The van der Waals surface area contributed by atoms with E-state index >= 15 is 0 Å². The Hall–Kier alpha value is -1.43. The molecule has 0 bridgehead atoms. The number of piperazine rings is 1. The van der Waals surface area contributed by atoms with Crippen molar-refractivity contribution in [1.29, 1.82) is 0 Å². The predicted molar refractivity (Wildman–Crippen MR) is 55.4 cm³/mol. The number of imide groups is 1. The quantitative estimate of drug-likeness (QED) is 0.508. The van der Waals surface area contributed by atoms with E-state index in [9.17, 15) is 14.4 Å². The van der Waals surface area contributed by atoms with Crippen LogP contribution in [0.5, 0.6) is 0 Å². The Kier molecular flexibility index (Phi) is 4.42. The van der Waals surface area contributed by atoms with Gasteiger partial charge in [0.2, 0.25) is 11.8 Å². The lowest BCUT2D eigenvalue weighted by Gasteiger charge is -2.31. The van der Waals surface area contributed by atoms with Crippen molar-refractivity contribution >= 4 is 17.8 Å². The van der Waals surface area contributed by atoms with Crippen LogP contribution in [0.3, 0.4) is 0 Å². The number of nitrogens with zero attached hydrogens (tertiary/aromatic N) is 1. The number of ether oxygens (including phenoxy) is 1. The third kappa shape index (κ3) is 3.30. The second kappa shape index (κ2) is 5.60. The van der Waals surface area contributed by atoms with Crippen LogP contribution in [0.25, 0.3) is 0 Å². The first-order chi connectivity index (χ1) is 7.54. The maximum absolute atomic E-state index is 11.3. The SMILES string of the molecule is COC(=O)CCCN1CC(=O)NC(=O)C1C. The Morgan fingerprint density at radius 1 is 1.56 bits per heavy atom. The first-order valence-corrected chi connectivity index (χ1v) is 5.19. The second-order valence-electron chi connectivity index (χ2n) is 3.74. The molecule has 6 heteroatoms. The molecule has 1 unspecified atom stereocenters. The number of rotatable bonds is 4. The molecule has 1 atom stereocenters. The highest BCUT2D eigenvalue weighted by molar-refractivity contribution is 6.00. The normalized spacial score (nSPS) is 21.8. The lowest BCUT2D eigenvalue weighted by molar-refractivity contribution is -0.140. The van der Waals surface area contributed by atoms with E-state index in [1.807, 2.05) is 0 Å². The Bertz CT molecular complexity index is 303. The van der Waals surface area contributed by atoms with Gasteiger partial charge in [-0.05, 0) is 13.3 Å². The van der Waals surface area contributed by atoms with E-state index < -0.39 is 0 Å². The lowest BCUT2D eigenvalue weighted by atomic mass is 10.2. The van der Waals surface area contributed by atoms with E-state index in [1.54, 1.807) is 11.8 Å². The van der Waals surface area contributed by atoms with Gasteiger partial charge in [0.05, 0.1) is 19.7 Å². The van der Waals surface area contributed by atoms with Crippen molar-refractivity contribution in [3.05, 3.63) is 0 Å². The fraction of sp³-hybridized carbons (Fsp3) is 0.700. The average molecular weight is 228 g/mol. The van der Waals surface area contributed by atoms with Gasteiger partial charge in [0.1, 0.15) is 0 Å². The van der Waals surface area contributed by atoms with Crippen LogP contribution < -0.4 is 5.32 Å². The number of carbonyl (C=O) groups is 3. The van der Waals surface area contributed by atoms with Gasteiger partial charge in [0.15, 0.2) is 0 Å². The van der Waals surface area contributed by atoms with Crippen molar-refractivity contribution in [2.45, 2.75) is 25.8 Å². The third-order valence-electron chi connectivity index (χ3n) is 2.59. The zero-order valence-electron chi connectivity index (χ0n) is 9.49. The Labute approximate surface area is 93.9 Å². The number of hydrogen-bond donors (Lipinski definition) is 1. The molecule has 1 fully saturated rings. The molecule has 0 aromatic heterocycles. The van der Waals surface area contributed by atoms with Crippen molar-refractivity contribution in [2.24, 2.45) is 0 Å². The molecule has 0 saturated carbocycles. The molecule has 0 radical (unpaired) electrons. The summed E-state index contributed by atoms with van der Waals surface area (Å²) in [6.07, 6.45) is 0.882. The molecule has 0 aromatic rings. The van der Waals surface area contributed by atoms with Gasteiger partial charge in [-0.1, -0.05) is 0 Å². The summed E-state index contributed by atoms with van der Waals surface area (Å²) in [5.74, 6) is -0.851. The largest absolute Gasteiger partial charge is 0.469 e. The molecular formula is C10H16N2O4. The summed E-state index contributed by atoms with van der Waals surface area (Å²) in [6.45, 7) is 2.48. The molecule has 1 rings (SSSR count). The van der Waals surface area contributed by atoms with Gasteiger partial charge in [0, 0.05) is 13.0 Å². The maximum Gasteiger partial charge on any atom is 0.305 e. The predicted octanol–water partition coefficient (Wildman–Crippen LogP) is -0.713. The Balaban J connectivity index is 2.37. The molecule has 1 N–H and O–H groups in total. The Morgan fingerprint density at radius 3 is 2.88 bits per heavy atom. The smallest absolute Gasteiger partial charge is 0.305 e. The molecule has 6 nitrogen and oxygen atoms in total. The summed E-state index contributed by atoms with van der Waals surface area (Å²) in [4.78, 5) is 35.1. The molecule has 16 heavy (non-hydrogen) atoms. The molecule has 1 aliphatic rings. The van der Waals surface area contributed by atoms with Gasteiger partial charge >= 0.3 is 5.97 Å². The van der Waals surface area contributed by atoms with Crippen LogP contribution in [0.4, 0.5) is 0 Å². The number of methoxy groups -OCH3 is 1. The number of amides is 2. The van der Waals surface area contributed by atoms with Crippen molar-refractivity contribution < 1.29 is 19.1 Å². The monoisotopic (exact) mass is 228 g/mol. The number of hydrogen-bond acceptors (Lipinski definition) is 5. The van der Waals surface area contributed by atoms with E-state index in [0.29, 0.717) is 19.4 Å². The lowest BCUT2D eigenvalue weighted by Crippen LogP contribution is -2.56. The van der Waals surface area contributed by atoms with Gasteiger partial charge in [-0.2, -0.15) is 0 Å². The van der Waals surface area contributed by atoms with Gasteiger partial charge < -0.3 is 4.74 Å². The van der Waals surface area contributed by atoms with Crippen LogP contribution in [-0.4, -0.2) is 48.9 Å². The summed E-state index contributed by atoms with van der Waals surface area (Å²) >= 11 is 0. The van der Waals surface area contributed by atoms with E-state index in [0.717, 1.165) is 0 Å². The molecule has 1 saturated heterocycles. The minimum absolute atomic E-state index is 0.202. The summed E-state index contributed by atoms with van der Waals surface area (Å²) in [5, 5.41) is 2.26. The van der Waals surface area contributed by atoms with Crippen LogP contribution in [0.1, 0.15) is 19.8 Å². The standard InChI is InChI=1S/C10H16N2O4/c1-7-10(15)11-8(13)6-12(7)5-3-4-9(14)16-2/h7H,3-6H2,1-2H3,(H,11,13,15). The molecule has 0 spiro atoms. The van der Waals surface area contributed by atoms with Crippen LogP contribution in [0.2, 0.25) is 0 Å².